The van der Waals surface area contributed by atoms with Crippen LogP contribution in [-0.2, 0) is 10.7 Å². The lowest BCUT2D eigenvalue weighted by Crippen LogP contribution is -2.22. The van der Waals surface area contributed by atoms with Crippen molar-refractivity contribution in [2.45, 2.75) is 31.8 Å². The van der Waals surface area contributed by atoms with Gasteiger partial charge in [0, 0.05) is 0 Å². The van der Waals surface area contributed by atoms with Gasteiger partial charge in [0.25, 0.3) is 0 Å². The Balaban J connectivity index is 2.20. The van der Waals surface area contributed by atoms with E-state index in [1.165, 1.54) is 0 Å². The third-order valence-corrected chi connectivity index (χ3v) is 3.90. The van der Waals surface area contributed by atoms with Gasteiger partial charge in [-0.3, -0.25) is 0 Å². The molecule has 0 heterocycles. The molecule has 3 rings (SSSR count). The average Bonchev–Trinajstić information content (AvgIpc) is 2.69. The van der Waals surface area contributed by atoms with Gasteiger partial charge < -0.3 is 0 Å². The van der Waals surface area contributed by atoms with Crippen LogP contribution < -0.4 is 0 Å². The van der Waals surface area contributed by atoms with Crippen LogP contribution in [0.25, 0.3) is 11.1 Å². The van der Waals surface area contributed by atoms with Gasteiger partial charge in [0.05, 0.1) is 0 Å². The minimum absolute atomic E-state index is 0.692. The van der Waals surface area contributed by atoms with Crippen LogP contribution in [0.15, 0.2) is 48.5 Å². The summed E-state index contributed by atoms with van der Waals surface area (Å²) in [5.74, 6) is 0. The molecule has 0 aromatic heterocycles. The second-order valence-corrected chi connectivity index (χ2v) is 5.02. The smallest absolute Gasteiger partial charge is 0.155 e. The average molecular weight is 237 g/mol. The molecule has 1 heteroatoms. The van der Waals surface area contributed by atoms with Crippen molar-refractivity contribution in [1.29, 1.82) is 0 Å². The highest BCUT2D eigenvalue weighted by Gasteiger charge is 2.42. The van der Waals surface area contributed by atoms with Gasteiger partial charge in [0.1, 0.15) is 0 Å². The summed E-state index contributed by atoms with van der Waals surface area (Å²) in [6.45, 7) is 2.14. The Hall–Kier alpha value is -1.60. The van der Waals surface area contributed by atoms with Gasteiger partial charge in [0.15, 0.2) is 5.60 Å². The van der Waals surface area contributed by atoms with Crippen molar-refractivity contribution in [3.05, 3.63) is 59.7 Å². The Bertz CT molecular complexity index is 526. The van der Waals surface area contributed by atoms with Crippen LogP contribution in [0.4, 0.5) is 0 Å². The summed E-state index contributed by atoms with van der Waals surface area (Å²) in [5.41, 5.74) is 3.13. The lowest BCUT2D eigenvalue weighted by Gasteiger charge is -2.22. The van der Waals surface area contributed by atoms with Crippen molar-refractivity contribution in [1.82, 2.24) is 0 Å². The number of unbranched alkanes of at least 4 members (excludes halogenated alkanes) is 1. The van der Waals surface area contributed by atoms with Gasteiger partial charge in [-0.05, 0) is 28.7 Å². The molecule has 1 nitrogen and oxygen atoms in total. The normalized spacial score (nSPS) is 15.2. The van der Waals surface area contributed by atoms with Gasteiger partial charge in [-0.15, -0.1) is 0 Å². The molecule has 0 amide bonds. The standard InChI is InChI=1S/C17H17O/c1-2-3-12-17(18)15-10-6-4-8-13(15)14-9-5-7-11-16(14)17/h4-11H,2-3,12H2,1H3. The molecular formula is C17H17O. The minimum Gasteiger partial charge on any atom is -0.219 e. The Morgan fingerprint density at radius 1 is 0.889 bits per heavy atom. The zero-order chi connectivity index (χ0) is 12.6. The van der Waals surface area contributed by atoms with E-state index in [0.717, 1.165) is 35.1 Å². The van der Waals surface area contributed by atoms with E-state index in [-0.39, 0.29) is 0 Å². The number of fused-ring (bicyclic) bond motifs is 3. The highest BCUT2D eigenvalue weighted by Crippen LogP contribution is 2.49. The fourth-order valence-corrected chi connectivity index (χ4v) is 2.98. The van der Waals surface area contributed by atoms with Crippen molar-refractivity contribution < 1.29 is 5.11 Å². The first kappa shape index (κ1) is 11.5. The second-order valence-electron chi connectivity index (χ2n) is 5.02. The van der Waals surface area contributed by atoms with Crippen LogP contribution >= 0.6 is 0 Å². The third kappa shape index (κ3) is 1.51. The van der Waals surface area contributed by atoms with Gasteiger partial charge in [-0.1, -0.05) is 68.3 Å². The summed E-state index contributed by atoms with van der Waals surface area (Å²) in [7, 11) is 0. The number of hydrogen-bond donors (Lipinski definition) is 0. The van der Waals surface area contributed by atoms with Crippen molar-refractivity contribution >= 4 is 0 Å². The van der Waals surface area contributed by atoms with Gasteiger partial charge in [-0.2, -0.15) is 0 Å². The first-order chi connectivity index (χ1) is 8.77. The first-order valence-corrected chi connectivity index (χ1v) is 6.67. The molecule has 18 heavy (non-hydrogen) atoms. The van der Waals surface area contributed by atoms with Gasteiger partial charge in [0.2, 0.25) is 0 Å². The minimum atomic E-state index is -1.04. The van der Waals surface area contributed by atoms with E-state index >= 15 is 0 Å². The first-order valence-electron chi connectivity index (χ1n) is 6.67. The zero-order valence-electron chi connectivity index (χ0n) is 10.6. The van der Waals surface area contributed by atoms with E-state index in [2.05, 4.69) is 19.1 Å². The Kier molecular flexibility index (Phi) is 2.71. The van der Waals surface area contributed by atoms with E-state index in [1.54, 1.807) is 0 Å². The maximum absolute atomic E-state index is 13.3. The summed E-state index contributed by atoms with van der Waals surface area (Å²) >= 11 is 0. The highest BCUT2D eigenvalue weighted by molar-refractivity contribution is 5.79. The predicted molar refractivity (Wildman–Crippen MR) is 72.9 cm³/mol. The number of hydrogen-bond acceptors (Lipinski definition) is 0. The summed E-state index contributed by atoms with van der Waals surface area (Å²) in [6.07, 6.45) is 2.73. The molecule has 0 N–H and O–H groups in total. The van der Waals surface area contributed by atoms with Crippen molar-refractivity contribution in [2.75, 3.05) is 0 Å². The maximum Gasteiger partial charge on any atom is 0.155 e. The summed E-state index contributed by atoms with van der Waals surface area (Å²) < 4.78 is 0. The van der Waals surface area contributed by atoms with E-state index < -0.39 is 5.60 Å². The SMILES string of the molecule is CCCCC1([O])c2ccccc2-c2ccccc21. The van der Waals surface area contributed by atoms with Crippen LogP contribution in [0, 0.1) is 0 Å². The lowest BCUT2D eigenvalue weighted by molar-refractivity contribution is -0.00248. The van der Waals surface area contributed by atoms with Crippen LogP contribution in [0.3, 0.4) is 0 Å². The van der Waals surface area contributed by atoms with Gasteiger partial charge in [-0.25, -0.2) is 5.11 Å². The molecule has 1 radical (unpaired) electrons. The van der Waals surface area contributed by atoms with Crippen molar-refractivity contribution in [3.8, 4) is 11.1 Å². The molecular weight excluding hydrogens is 220 g/mol. The molecule has 1 aliphatic carbocycles. The molecule has 0 aliphatic heterocycles. The molecule has 2 aromatic carbocycles. The van der Waals surface area contributed by atoms with Gasteiger partial charge >= 0.3 is 0 Å². The molecule has 91 valence electrons. The molecule has 0 saturated carbocycles. The van der Waals surface area contributed by atoms with Crippen LogP contribution in [-0.4, -0.2) is 0 Å². The summed E-state index contributed by atoms with van der Waals surface area (Å²) in [4.78, 5) is 0. The molecule has 0 atom stereocenters. The Morgan fingerprint density at radius 3 is 1.89 bits per heavy atom. The second kappa shape index (κ2) is 4.25. The lowest BCUT2D eigenvalue weighted by atomic mass is 9.86. The fraction of sp³-hybridized carbons (Fsp3) is 0.294. The van der Waals surface area contributed by atoms with Crippen LogP contribution in [0.5, 0.6) is 0 Å². The van der Waals surface area contributed by atoms with Crippen molar-refractivity contribution in [3.63, 3.8) is 0 Å². The van der Waals surface area contributed by atoms with Crippen LogP contribution in [0.1, 0.15) is 37.3 Å². The van der Waals surface area contributed by atoms with E-state index in [0.29, 0.717) is 6.42 Å². The largest absolute Gasteiger partial charge is 0.219 e. The molecule has 2 aromatic rings. The third-order valence-electron chi connectivity index (χ3n) is 3.90. The molecule has 0 saturated heterocycles. The Labute approximate surface area is 108 Å². The molecule has 0 spiro atoms. The van der Waals surface area contributed by atoms with E-state index in [4.69, 9.17) is 0 Å². The predicted octanol–water partition coefficient (Wildman–Crippen LogP) is 4.53. The fourth-order valence-electron chi connectivity index (χ4n) is 2.98. The zero-order valence-corrected chi connectivity index (χ0v) is 10.6. The molecule has 0 unspecified atom stereocenters. The molecule has 0 bridgehead atoms. The monoisotopic (exact) mass is 237 g/mol. The topological polar surface area (TPSA) is 19.9 Å². The maximum atomic E-state index is 13.3. The number of rotatable bonds is 3. The highest BCUT2D eigenvalue weighted by atomic mass is 16.3. The Morgan fingerprint density at radius 2 is 1.39 bits per heavy atom. The van der Waals surface area contributed by atoms with Crippen molar-refractivity contribution in [2.24, 2.45) is 0 Å². The van der Waals surface area contributed by atoms with E-state index in [9.17, 15) is 5.11 Å². The van der Waals surface area contributed by atoms with E-state index in [1.807, 2.05) is 36.4 Å². The summed E-state index contributed by atoms with van der Waals surface area (Å²) in [6, 6.07) is 16.1. The van der Waals surface area contributed by atoms with Crippen LogP contribution in [0.2, 0.25) is 0 Å². The molecule has 0 fully saturated rings. The number of benzene rings is 2. The summed E-state index contributed by atoms with van der Waals surface area (Å²) in [5, 5.41) is 13.3. The quantitative estimate of drug-likeness (QED) is 0.747. The molecule has 1 aliphatic rings.